The van der Waals surface area contributed by atoms with Crippen LogP contribution in [0.25, 0.3) is 22.1 Å². The van der Waals surface area contributed by atoms with Crippen LogP contribution in [0.3, 0.4) is 0 Å². The molecular formula is C36H37N9O3. The van der Waals surface area contributed by atoms with Gasteiger partial charge in [0.15, 0.2) is 11.5 Å². The average molecular weight is 644 g/mol. The molecule has 1 fully saturated rings. The molecule has 4 N–H and O–H groups in total. The van der Waals surface area contributed by atoms with Gasteiger partial charge in [-0.05, 0) is 42.1 Å². The van der Waals surface area contributed by atoms with Crippen LogP contribution >= 0.6 is 0 Å². The van der Waals surface area contributed by atoms with Crippen LogP contribution in [0.5, 0.6) is 0 Å². The molecular weight excluding hydrogens is 606 g/mol. The van der Waals surface area contributed by atoms with Crippen molar-refractivity contribution in [2.24, 2.45) is 12.8 Å². The number of fused-ring (bicyclic) bond motifs is 2. The summed E-state index contributed by atoms with van der Waals surface area (Å²) in [7, 11) is 1.96. The third-order valence-electron chi connectivity index (χ3n) is 8.33. The molecule has 1 aliphatic rings. The maximum absolute atomic E-state index is 13.8. The third-order valence-corrected chi connectivity index (χ3v) is 8.33. The Hall–Kier alpha value is -5.77. The van der Waals surface area contributed by atoms with Crippen LogP contribution < -0.4 is 17.0 Å². The van der Waals surface area contributed by atoms with Gasteiger partial charge in [0.05, 0.1) is 36.1 Å². The molecule has 0 spiro atoms. The number of nitrogens with two attached hydrogens (primary N) is 2. The number of hydrogen-bond acceptors (Lipinski definition) is 8. The first-order valence-electron chi connectivity index (χ1n) is 15.8. The minimum absolute atomic E-state index is 0.0332. The van der Waals surface area contributed by atoms with E-state index in [0.717, 1.165) is 79.3 Å². The number of carbonyl (C=O) groups is 1. The molecule has 0 atom stereocenters. The van der Waals surface area contributed by atoms with Crippen LogP contribution in [0.15, 0.2) is 84.0 Å². The lowest BCUT2D eigenvalue weighted by atomic mass is 10.0. The number of pyridine rings is 1. The largest absolute Gasteiger partial charge is 0.381 e. The molecule has 0 saturated carbocycles. The SMILES string of the molecule is CCc1cc2cccc(C#Cc3cnn(C)c3CCN3CCOCC3)c2c(=O)n1-c1ccccc1.NC(=O)c1c(N)nn2cccnc12. The lowest BCUT2D eigenvalue weighted by molar-refractivity contribution is 0.0382. The van der Waals surface area contributed by atoms with Crippen LogP contribution in [0, 0.1) is 11.8 Å². The summed E-state index contributed by atoms with van der Waals surface area (Å²) in [5, 5.41) is 9.89. The molecule has 48 heavy (non-hydrogen) atoms. The second-order valence-corrected chi connectivity index (χ2v) is 11.3. The minimum atomic E-state index is -0.619. The lowest BCUT2D eigenvalue weighted by Crippen LogP contribution is -2.37. The number of amides is 1. The van der Waals surface area contributed by atoms with Gasteiger partial charge >= 0.3 is 0 Å². The average Bonchev–Trinajstić information content (AvgIpc) is 3.64. The van der Waals surface area contributed by atoms with E-state index in [2.05, 4.69) is 44.9 Å². The highest BCUT2D eigenvalue weighted by atomic mass is 16.5. The van der Waals surface area contributed by atoms with E-state index in [1.54, 1.807) is 18.5 Å². The van der Waals surface area contributed by atoms with E-state index in [1.165, 1.54) is 4.52 Å². The summed E-state index contributed by atoms with van der Waals surface area (Å²) in [5.74, 6) is 6.11. The fourth-order valence-electron chi connectivity index (χ4n) is 5.87. The number of anilines is 1. The molecule has 0 aliphatic carbocycles. The molecule has 0 radical (unpaired) electrons. The summed E-state index contributed by atoms with van der Waals surface area (Å²) >= 11 is 0. The van der Waals surface area contributed by atoms with Crippen LogP contribution in [0.2, 0.25) is 0 Å². The highest BCUT2D eigenvalue weighted by Gasteiger charge is 2.16. The van der Waals surface area contributed by atoms with E-state index in [4.69, 9.17) is 16.2 Å². The number of rotatable bonds is 6. The molecule has 1 amide bonds. The monoisotopic (exact) mass is 643 g/mol. The van der Waals surface area contributed by atoms with Gasteiger partial charge in [-0.3, -0.25) is 23.7 Å². The summed E-state index contributed by atoms with van der Waals surface area (Å²) in [4.78, 5) is 31.1. The number of nitrogen functional groups attached to an aromatic ring is 1. The molecule has 7 rings (SSSR count). The lowest BCUT2D eigenvalue weighted by Gasteiger charge is -2.26. The Morgan fingerprint density at radius 3 is 2.54 bits per heavy atom. The summed E-state index contributed by atoms with van der Waals surface area (Å²) in [5.41, 5.74) is 15.7. The van der Waals surface area contributed by atoms with Crippen LogP contribution in [-0.2, 0) is 24.6 Å². The maximum atomic E-state index is 13.8. The molecule has 5 heterocycles. The van der Waals surface area contributed by atoms with E-state index in [0.29, 0.717) is 11.0 Å². The Morgan fingerprint density at radius 2 is 1.79 bits per heavy atom. The summed E-state index contributed by atoms with van der Waals surface area (Å²) in [6, 6.07) is 19.5. The first kappa shape index (κ1) is 32.2. The molecule has 12 heteroatoms. The quantitative estimate of drug-likeness (QED) is 0.263. The molecule has 4 aromatic heterocycles. The number of ether oxygens (including phenoxy) is 1. The van der Waals surface area contributed by atoms with Gasteiger partial charge < -0.3 is 16.2 Å². The molecule has 6 aromatic rings. The molecule has 244 valence electrons. The fraction of sp³-hybridized carbons (Fsp3) is 0.250. The number of aryl methyl sites for hydroxylation is 2. The van der Waals surface area contributed by atoms with Gasteiger partial charge in [-0.15, -0.1) is 5.10 Å². The van der Waals surface area contributed by atoms with Crippen LogP contribution in [-0.4, -0.2) is 72.6 Å². The summed E-state index contributed by atoms with van der Waals surface area (Å²) in [6.45, 7) is 6.53. The first-order chi connectivity index (χ1) is 23.4. The smallest absolute Gasteiger partial charge is 0.264 e. The normalized spacial score (nSPS) is 13.1. The summed E-state index contributed by atoms with van der Waals surface area (Å²) in [6.07, 6.45) is 6.65. The van der Waals surface area contributed by atoms with Crippen LogP contribution in [0.1, 0.15) is 39.8 Å². The van der Waals surface area contributed by atoms with Crippen LogP contribution in [0.4, 0.5) is 5.82 Å². The fourth-order valence-corrected chi connectivity index (χ4v) is 5.87. The van der Waals surface area contributed by atoms with E-state index in [1.807, 2.05) is 71.0 Å². The van der Waals surface area contributed by atoms with Crippen molar-refractivity contribution in [3.05, 3.63) is 118 Å². The van der Waals surface area contributed by atoms with Crippen molar-refractivity contribution in [1.82, 2.24) is 33.8 Å². The second-order valence-electron chi connectivity index (χ2n) is 11.3. The van der Waals surface area contributed by atoms with Crippen molar-refractivity contribution in [1.29, 1.82) is 0 Å². The van der Waals surface area contributed by atoms with Gasteiger partial charge in [-0.25, -0.2) is 9.50 Å². The van der Waals surface area contributed by atoms with Crippen molar-refractivity contribution < 1.29 is 9.53 Å². The van der Waals surface area contributed by atoms with Gasteiger partial charge in [-0.1, -0.05) is 49.1 Å². The molecule has 2 aromatic carbocycles. The van der Waals surface area contributed by atoms with E-state index < -0.39 is 5.91 Å². The number of carbonyl (C=O) groups excluding carboxylic acids is 1. The van der Waals surface area contributed by atoms with Gasteiger partial charge in [-0.2, -0.15) is 5.10 Å². The van der Waals surface area contributed by atoms with Crippen molar-refractivity contribution in [2.75, 3.05) is 38.6 Å². The second kappa shape index (κ2) is 14.3. The van der Waals surface area contributed by atoms with Crippen molar-refractivity contribution in [3.8, 4) is 17.5 Å². The number of primary amides is 1. The van der Waals surface area contributed by atoms with E-state index in [9.17, 15) is 9.59 Å². The predicted octanol–water partition coefficient (Wildman–Crippen LogP) is 2.97. The topological polar surface area (TPSA) is 152 Å². The Morgan fingerprint density at radius 1 is 1.02 bits per heavy atom. The number of aromatic nitrogens is 6. The maximum Gasteiger partial charge on any atom is 0.264 e. The van der Waals surface area contributed by atoms with E-state index in [-0.39, 0.29) is 16.9 Å². The Kier molecular flexibility index (Phi) is 9.61. The highest BCUT2D eigenvalue weighted by Crippen LogP contribution is 2.20. The Bertz CT molecular complexity index is 2200. The molecule has 0 bridgehead atoms. The van der Waals surface area contributed by atoms with Gasteiger partial charge in [0.1, 0.15) is 5.56 Å². The third kappa shape index (κ3) is 6.69. The number of hydrogen-bond donors (Lipinski definition) is 2. The standard InChI is InChI=1S/C29H30N4O2.C7H7N5O/c1-3-25-20-23-9-7-8-22(28(23)29(34)33(25)26-10-5-4-6-11-26)12-13-24-21-30-31(2)27(24)14-15-32-16-18-35-19-17-32;8-5-4(6(9)13)7-10-2-1-3-12(7)11-5/h4-11,20-21H,3,14-19H2,1-2H3;1-3H,(H2,8,11)(H2,9,13). The van der Waals surface area contributed by atoms with Gasteiger partial charge in [0.2, 0.25) is 0 Å². The summed E-state index contributed by atoms with van der Waals surface area (Å²) < 4.78 is 10.6. The highest BCUT2D eigenvalue weighted by molar-refractivity contribution is 6.03. The predicted molar refractivity (Wildman–Crippen MR) is 185 cm³/mol. The number of benzene rings is 2. The molecule has 0 unspecified atom stereocenters. The van der Waals surface area contributed by atoms with Gasteiger partial charge in [0, 0.05) is 62.4 Å². The zero-order valence-electron chi connectivity index (χ0n) is 27.0. The molecule has 1 saturated heterocycles. The minimum Gasteiger partial charge on any atom is -0.381 e. The zero-order valence-corrected chi connectivity index (χ0v) is 27.0. The van der Waals surface area contributed by atoms with Crippen molar-refractivity contribution >= 4 is 28.1 Å². The first-order valence-corrected chi connectivity index (χ1v) is 15.8. The Labute approximate surface area is 277 Å². The Balaban J connectivity index is 0.000000257. The van der Waals surface area contributed by atoms with Crippen molar-refractivity contribution in [2.45, 2.75) is 19.8 Å². The van der Waals surface area contributed by atoms with Gasteiger partial charge in [0.25, 0.3) is 11.5 Å². The molecule has 1 aliphatic heterocycles. The molecule has 12 nitrogen and oxygen atoms in total. The van der Waals surface area contributed by atoms with Crippen molar-refractivity contribution in [3.63, 3.8) is 0 Å². The number of para-hydroxylation sites is 1. The number of morpholine rings is 1. The zero-order chi connectivity index (χ0) is 33.6. The van der Waals surface area contributed by atoms with E-state index >= 15 is 0 Å². The number of nitrogens with zero attached hydrogens (tertiary/aromatic N) is 7.